The topological polar surface area (TPSA) is 9.23 Å². The second-order valence-corrected chi connectivity index (χ2v) is 4.83. The number of halogens is 1. The maximum absolute atomic E-state index is 5.65. The number of ether oxygens (including phenoxy) is 1. The molecule has 74 valence electrons. The van der Waals surface area contributed by atoms with Crippen LogP contribution in [0.4, 0.5) is 0 Å². The summed E-state index contributed by atoms with van der Waals surface area (Å²) in [5.41, 5.74) is 1.23. The van der Waals surface area contributed by atoms with Crippen LogP contribution >= 0.6 is 27.3 Å². The molecule has 0 aromatic carbocycles. The monoisotopic (exact) mass is 270 g/mol. The van der Waals surface area contributed by atoms with Crippen LogP contribution in [-0.2, 0) is 11.2 Å². The Labute approximate surface area is 96.2 Å². The van der Waals surface area contributed by atoms with Gasteiger partial charge in [-0.3, -0.25) is 0 Å². The van der Waals surface area contributed by atoms with Crippen molar-refractivity contribution >= 4 is 33.0 Å². The summed E-state index contributed by atoms with van der Waals surface area (Å²) in [5.74, 6) is 0.970. The van der Waals surface area contributed by atoms with Gasteiger partial charge in [-0.2, -0.15) is 0 Å². The summed E-state index contributed by atoms with van der Waals surface area (Å²) >= 11 is 5.32. The Morgan fingerprint density at radius 2 is 2.43 bits per heavy atom. The molecule has 0 N–H and O–H groups in total. The van der Waals surface area contributed by atoms with Crippen LogP contribution in [0.2, 0.25) is 0 Å². The van der Waals surface area contributed by atoms with Crippen molar-refractivity contribution in [1.29, 1.82) is 0 Å². The van der Waals surface area contributed by atoms with Gasteiger partial charge in [0.05, 0.1) is 11.1 Å². The molecule has 1 aromatic rings. The van der Waals surface area contributed by atoms with Gasteiger partial charge in [-0.15, -0.1) is 11.3 Å². The molecule has 0 fully saturated rings. The van der Waals surface area contributed by atoms with Gasteiger partial charge >= 0.3 is 0 Å². The summed E-state index contributed by atoms with van der Waals surface area (Å²) in [4.78, 5) is 1.37. The van der Waals surface area contributed by atoms with Gasteiger partial charge in [-0.05, 0) is 40.4 Å². The third kappa shape index (κ3) is 1.79. The molecule has 3 heteroatoms. The van der Waals surface area contributed by atoms with E-state index in [-0.39, 0.29) is 0 Å². The van der Waals surface area contributed by atoms with Gasteiger partial charge in [0.1, 0.15) is 5.76 Å². The van der Waals surface area contributed by atoms with E-state index < -0.39 is 0 Å². The highest BCUT2D eigenvalue weighted by atomic mass is 79.9. The first-order valence-corrected chi connectivity index (χ1v) is 6.26. The van der Waals surface area contributed by atoms with E-state index in [9.17, 15) is 0 Å². The summed E-state index contributed by atoms with van der Waals surface area (Å²) in [6, 6.07) is 2.12. The standard InChI is InChI=1S/C11H11BrOS/c1-2-13-11-8-6-7-14-10(8)5-3-4-9(11)12/h3-4,6-7H,2,5H2,1H3. The molecule has 0 saturated heterocycles. The molecular formula is C11H11BrOS. The molecular weight excluding hydrogens is 260 g/mol. The Balaban J connectivity index is 2.48. The van der Waals surface area contributed by atoms with Crippen LogP contribution in [0.15, 0.2) is 28.1 Å². The maximum Gasteiger partial charge on any atom is 0.141 e. The third-order valence-corrected chi connectivity index (χ3v) is 3.63. The SMILES string of the molecule is CCOC1=C(Br)C=CCc2sccc21. The highest BCUT2D eigenvalue weighted by molar-refractivity contribution is 9.12. The first-order valence-electron chi connectivity index (χ1n) is 4.58. The molecule has 0 spiro atoms. The van der Waals surface area contributed by atoms with Gasteiger partial charge in [0.25, 0.3) is 0 Å². The molecule has 0 amide bonds. The Morgan fingerprint density at radius 3 is 3.21 bits per heavy atom. The molecule has 1 aliphatic carbocycles. The molecule has 0 saturated carbocycles. The van der Waals surface area contributed by atoms with Crippen LogP contribution in [0.1, 0.15) is 17.4 Å². The van der Waals surface area contributed by atoms with E-state index in [0.717, 1.165) is 16.7 Å². The van der Waals surface area contributed by atoms with Crippen molar-refractivity contribution < 1.29 is 4.74 Å². The number of hydrogen-bond acceptors (Lipinski definition) is 2. The van der Waals surface area contributed by atoms with Crippen molar-refractivity contribution in [2.75, 3.05) is 6.61 Å². The highest BCUT2D eigenvalue weighted by Gasteiger charge is 2.14. The Bertz CT molecular complexity index is 390. The summed E-state index contributed by atoms with van der Waals surface area (Å²) in [5, 5.41) is 2.11. The molecule has 0 radical (unpaired) electrons. The molecule has 1 aromatic heterocycles. The van der Waals surface area contributed by atoms with E-state index in [4.69, 9.17) is 4.74 Å². The minimum absolute atomic E-state index is 0.702. The summed E-state index contributed by atoms with van der Waals surface area (Å²) in [7, 11) is 0. The molecule has 0 unspecified atom stereocenters. The molecule has 0 aliphatic heterocycles. The fourth-order valence-corrected chi connectivity index (χ4v) is 2.83. The van der Waals surface area contributed by atoms with Crippen LogP contribution in [0.25, 0.3) is 5.76 Å². The molecule has 1 heterocycles. The molecule has 14 heavy (non-hydrogen) atoms. The summed E-state index contributed by atoms with van der Waals surface area (Å²) in [6.45, 7) is 2.71. The van der Waals surface area contributed by atoms with Crippen molar-refractivity contribution in [2.45, 2.75) is 13.3 Å². The fraction of sp³-hybridized carbons (Fsp3) is 0.273. The molecule has 2 rings (SSSR count). The van der Waals surface area contributed by atoms with Crippen molar-refractivity contribution in [2.24, 2.45) is 0 Å². The smallest absolute Gasteiger partial charge is 0.141 e. The van der Waals surface area contributed by atoms with Crippen molar-refractivity contribution in [1.82, 2.24) is 0 Å². The van der Waals surface area contributed by atoms with Crippen molar-refractivity contribution in [3.8, 4) is 0 Å². The lowest BCUT2D eigenvalue weighted by Crippen LogP contribution is -1.93. The third-order valence-electron chi connectivity index (χ3n) is 2.06. The lowest BCUT2D eigenvalue weighted by Gasteiger charge is -2.08. The van der Waals surface area contributed by atoms with Gasteiger partial charge in [0.2, 0.25) is 0 Å². The first kappa shape index (κ1) is 9.99. The zero-order chi connectivity index (χ0) is 9.97. The van der Waals surface area contributed by atoms with Crippen molar-refractivity contribution in [3.63, 3.8) is 0 Å². The zero-order valence-electron chi connectivity index (χ0n) is 7.92. The zero-order valence-corrected chi connectivity index (χ0v) is 10.3. The lowest BCUT2D eigenvalue weighted by molar-refractivity contribution is 0.297. The Kier molecular flexibility index (Phi) is 3.08. The van der Waals surface area contributed by atoms with Gasteiger partial charge < -0.3 is 4.74 Å². The quantitative estimate of drug-likeness (QED) is 0.791. The minimum atomic E-state index is 0.702. The van der Waals surface area contributed by atoms with E-state index in [1.165, 1.54) is 10.4 Å². The van der Waals surface area contributed by atoms with E-state index in [1.807, 2.05) is 6.92 Å². The molecule has 0 atom stereocenters. The van der Waals surface area contributed by atoms with E-state index >= 15 is 0 Å². The largest absolute Gasteiger partial charge is 0.492 e. The molecule has 1 aliphatic rings. The van der Waals surface area contributed by atoms with E-state index in [1.54, 1.807) is 11.3 Å². The van der Waals surface area contributed by atoms with Crippen LogP contribution < -0.4 is 0 Å². The van der Waals surface area contributed by atoms with Crippen LogP contribution in [0.5, 0.6) is 0 Å². The Morgan fingerprint density at radius 1 is 1.57 bits per heavy atom. The summed E-state index contributed by atoms with van der Waals surface area (Å²) < 4.78 is 6.69. The highest BCUT2D eigenvalue weighted by Crippen LogP contribution is 2.33. The Hall–Kier alpha value is -0.540. The predicted octanol–water partition coefficient (Wildman–Crippen LogP) is 3.96. The van der Waals surface area contributed by atoms with Crippen LogP contribution in [0.3, 0.4) is 0 Å². The predicted molar refractivity (Wildman–Crippen MR) is 64.6 cm³/mol. The average molecular weight is 271 g/mol. The maximum atomic E-state index is 5.65. The number of fused-ring (bicyclic) bond motifs is 1. The lowest BCUT2D eigenvalue weighted by atomic mass is 10.2. The van der Waals surface area contributed by atoms with Crippen LogP contribution in [0, 0.1) is 0 Å². The number of thiophene rings is 1. The second kappa shape index (κ2) is 4.32. The van der Waals surface area contributed by atoms with E-state index in [0.29, 0.717) is 6.61 Å². The molecule has 1 nitrogen and oxygen atoms in total. The fourth-order valence-electron chi connectivity index (χ4n) is 1.47. The van der Waals surface area contributed by atoms with Gasteiger partial charge in [-0.1, -0.05) is 6.08 Å². The van der Waals surface area contributed by atoms with Gasteiger partial charge in [-0.25, -0.2) is 0 Å². The van der Waals surface area contributed by atoms with Crippen molar-refractivity contribution in [3.05, 3.63) is 38.5 Å². The number of rotatable bonds is 2. The second-order valence-electron chi connectivity index (χ2n) is 2.97. The van der Waals surface area contributed by atoms with Crippen LogP contribution in [-0.4, -0.2) is 6.61 Å². The number of allylic oxidation sites excluding steroid dienone is 3. The first-order chi connectivity index (χ1) is 6.83. The van der Waals surface area contributed by atoms with Gasteiger partial charge in [0, 0.05) is 16.9 Å². The van der Waals surface area contributed by atoms with Gasteiger partial charge in [0.15, 0.2) is 0 Å². The number of hydrogen-bond donors (Lipinski definition) is 0. The van der Waals surface area contributed by atoms with E-state index in [2.05, 4.69) is 39.5 Å². The average Bonchev–Trinajstić information content (AvgIpc) is 2.57. The minimum Gasteiger partial charge on any atom is -0.492 e. The normalized spacial score (nSPS) is 15.3. The summed E-state index contributed by atoms with van der Waals surface area (Å²) in [6.07, 6.45) is 5.22. The molecule has 0 bridgehead atoms.